The molecule has 2 bridgehead atoms. The zero-order valence-electron chi connectivity index (χ0n) is 6.96. The average molecular weight is 146 g/mol. The molecule has 0 heterocycles. The van der Waals surface area contributed by atoms with Gasteiger partial charge in [0, 0.05) is 0 Å². The van der Waals surface area contributed by atoms with Gasteiger partial charge in [-0.2, -0.15) is 0 Å². The summed E-state index contributed by atoms with van der Waals surface area (Å²) in [5.74, 6) is 2.78. The second kappa shape index (κ2) is 1.63. The Hall–Kier alpha value is -0.520. The highest BCUT2D eigenvalue weighted by atomic mass is 14.6. The Morgan fingerprint density at radius 3 is 3.09 bits per heavy atom. The minimum atomic E-state index is 0.544. The van der Waals surface area contributed by atoms with Gasteiger partial charge in [-0.05, 0) is 36.0 Å². The van der Waals surface area contributed by atoms with E-state index in [1.54, 1.807) is 0 Å². The summed E-state index contributed by atoms with van der Waals surface area (Å²) < 4.78 is 0. The molecule has 0 aromatic rings. The maximum absolute atomic E-state index is 2.45. The first-order valence-corrected chi connectivity index (χ1v) is 4.66. The lowest BCUT2D eigenvalue weighted by atomic mass is 9.77. The van der Waals surface area contributed by atoms with E-state index in [4.69, 9.17) is 0 Å². The predicted octanol–water partition coefficient (Wildman–Crippen LogP) is 2.77. The Bertz CT molecular complexity index is 249. The van der Waals surface area contributed by atoms with Crippen molar-refractivity contribution in [3.8, 4) is 0 Å². The van der Waals surface area contributed by atoms with Gasteiger partial charge in [-0.3, -0.25) is 0 Å². The Labute approximate surface area is 68.0 Å². The smallest absolute Gasteiger partial charge is 0.00750 e. The van der Waals surface area contributed by atoms with Gasteiger partial charge in [0.15, 0.2) is 0 Å². The zero-order chi connectivity index (χ0) is 7.47. The number of fused-ring (bicyclic) bond motifs is 5. The Morgan fingerprint density at radius 1 is 1.36 bits per heavy atom. The standard InChI is InChI=1S/C11H14/c1-11-6-5-8(7-11)9-3-2-4-10(9)11/h2,4-6,8-10H,3,7H2,1H3. The number of rotatable bonds is 0. The third-order valence-corrected chi connectivity index (χ3v) is 3.92. The molecule has 0 amide bonds. The van der Waals surface area contributed by atoms with Gasteiger partial charge < -0.3 is 0 Å². The van der Waals surface area contributed by atoms with E-state index < -0.39 is 0 Å². The van der Waals surface area contributed by atoms with Crippen molar-refractivity contribution in [1.29, 1.82) is 0 Å². The molecule has 0 spiro atoms. The molecule has 0 saturated heterocycles. The van der Waals surface area contributed by atoms with Crippen molar-refractivity contribution < 1.29 is 0 Å². The van der Waals surface area contributed by atoms with Crippen molar-refractivity contribution in [2.24, 2.45) is 23.2 Å². The van der Waals surface area contributed by atoms with Gasteiger partial charge in [-0.25, -0.2) is 0 Å². The summed E-state index contributed by atoms with van der Waals surface area (Å²) in [4.78, 5) is 0. The van der Waals surface area contributed by atoms with Gasteiger partial charge in [0.25, 0.3) is 0 Å². The summed E-state index contributed by atoms with van der Waals surface area (Å²) in [6.07, 6.45) is 12.5. The molecular weight excluding hydrogens is 132 g/mol. The first-order valence-electron chi connectivity index (χ1n) is 4.66. The molecular formula is C11H14. The maximum atomic E-state index is 2.45. The summed E-state index contributed by atoms with van der Waals surface area (Å²) >= 11 is 0. The Morgan fingerprint density at radius 2 is 2.27 bits per heavy atom. The number of hydrogen-bond acceptors (Lipinski definition) is 0. The molecule has 58 valence electrons. The Kier molecular flexibility index (Phi) is 0.894. The van der Waals surface area contributed by atoms with Crippen LogP contribution < -0.4 is 0 Å². The summed E-state index contributed by atoms with van der Waals surface area (Å²) in [7, 11) is 0. The van der Waals surface area contributed by atoms with Gasteiger partial charge in [-0.1, -0.05) is 31.2 Å². The van der Waals surface area contributed by atoms with Crippen molar-refractivity contribution >= 4 is 0 Å². The molecule has 0 aromatic carbocycles. The lowest BCUT2D eigenvalue weighted by molar-refractivity contribution is 0.318. The van der Waals surface area contributed by atoms with Crippen LogP contribution in [0.1, 0.15) is 19.8 Å². The molecule has 0 heteroatoms. The van der Waals surface area contributed by atoms with Crippen molar-refractivity contribution in [3.63, 3.8) is 0 Å². The first-order chi connectivity index (χ1) is 5.30. The van der Waals surface area contributed by atoms with Crippen molar-refractivity contribution in [3.05, 3.63) is 24.3 Å². The maximum Gasteiger partial charge on any atom is -0.00750 e. The normalized spacial score (nSPS) is 57.4. The topological polar surface area (TPSA) is 0 Å². The minimum absolute atomic E-state index is 0.544. The fourth-order valence-corrected chi connectivity index (χ4v) is 3.35. The molecule has 0 N–H and O–H groups in total. The summed E-state index contributed by atoms with van der Waals surface area (Å²) in [5.41, 5.74) is 0.544. The van der Waals surface area contributed by atoms with E-state index in [9.17, 15) is 0 Å². The SMILES string of the molecule is CC12C=CC(C1)C1CC=CC12. The van der Waals surface area contributed by atoms with E-state index in [0.29, 0.717) is 5.41 Å². The lowest BCUT2D eigenvalue weighted by Crippen LogP contribution is -2.20. The van der Waals surface area contributed by atoms with Crippen LogP contribution in [0, 0.1) is 23.2 Å². The van der Waals surface area contributed by atoms with Crippen molar-refractivity contribution in [2.45, 2.75) is 19.8 Å². The van der Waals surface area contributed by atoms with E-state index in [1.165, 1.54) is 12.8 Å². The van der Waals surface area contributed by atoms with Gasteiger partial charge in [0.1, 0.15) is 0 Å². The zero-order valence-corrected chi connectivity index (χ0v) is 6.96. The van der Waals surface area contributed by atoms with Crippen molar-refractivity contribution in [1.82, 2.24) is 0 Å². The van der Waals surface area contributed by atoms with E-state index in [-0.39, 0.29) is 0 Å². The van der Waals surface area contributed by atoms with E-state index in [2.05, 4.69) is 31.2 Å². The van der Waals surface area contributed by atoms with Crippen LogP contribution >= 0.6 is 0 Å². The van der Waals surface area contributed by atoms with Crippen LogP contribution in [-0.2, 0) is 0 Å². The average Bonchev–Trinajstić information content (AvgIpc) is 2.53. The van der Waals surface area contributed by atoms with Crippen LogP contribution in [0.3, 0.4) is 0 Å². The van der Waals surface area contributed by atoms with E-state index in [1.807, 2.05) is 0 Å². The van der Waals surface area contributed by atoms with E-state index in [0.717, 1.165) is 17.8 Å². The second-order valence-corrected chi connectivity index (χ2v) is 4.59. The molecule has 1 saturated carbocycles. The summed E-state index contributed by atoms with van der Waals surface area (Å²) in [6.45, 7) is 2.42. The first kappa shape index (κ1) is 6.05. The van der Waals surface area contributed by atoms with Gasteiger partial charge in [0.2, 0.25) is 0 Å². The third kappa shape index (κ3) is 0.571. The molecule has 1 fully saturated rings. The second-order valence-electron chi connectivity index (χ2n) is 4.59. The minimum Gasteiger partial charge on any atom is -0.0879 e. The molecule has 3 rings (SSSR count). The van der Waals surface area contributed by atoms with Crippen molar-refractivity contribution in [2.75, 3.05) is 0 Å². The fourth-order valence-electron chi connectivity index (χ4n) is 3.35. The van der Waals surface area contributed by atoms with Gasteiger partial charge >= 0.3 is 0 Å². The molecule has 4 unspecified atom stereocenters. The third-order valence-electron chi connectivity index (χ3n) is 3.92. The number of allylic oxidation sites excluding steroid dienone is 4. The van der Waals surface area contributed by atoms with Gasteiger partial charge in [0.05, 0.1) is 0 Å². The summed E-state index contributed by atoms with van der Waals surface area (Å²) in [5, 5.41) is 0. The molecule has 3 aliphatic rings. The molecule has 11 heavy (non-hydrogen) atoms. The lowest BCUT2D eigenvalue weighted by Gasteiger charge is -2.27. The van der Waals surface area contributed by atoms with Gasteiger partial charge in [-0.15, -0.1) is 0 Å². The van der Waals surface area contributed by atoms with Crippen LogP contribution in [0.15, 0.2) is 24.3 Å². The molecule has 3 aliphatic carbocycles. The largest absolute Gasteiger partial charge is 0.0879 e. The fraction of sp³-hybridized carbons (Fsp3) is 0.636. The van der Waals surface area contributed by atoms with Crippen LogP contribution in [0.5, 0.6) is 0 Å². The molecule has 4 atom stereocenters. The monoisotopic (exact) mass is 146 g/mol. The predicted molar refractivity (Wildman–Crippen MR) is 46.1 cm³/mol. The molecule has 0 aromatic heterocycles. The highest BCUT2D eigenvalue weighted by Crippen LogP contribution is 2.59. The van der Waals surface area contributed by atoms with Crippen LogP contribution in [-0.4, -0.2) is 0 Å². The van der Waals surface area contributed by atoms with Crippen LogP contribution in [0.4, 0.5) is 0 Å². The van der Waals surface area contributed by atoms with Crippen LogP contribution in [0.2, 0.25) is 0 Å². The summed E-state index contributed by atoms with van der Waals surface area (Å²) in [6, 6.07) is 0. The molecule has 0 nitrogen and oxygen atoms in total. The number of hydrogen-bond donors (Lipinski definition) is 0. The highest BCUT2D eigenvalue weighted by Gasteiger charge is 2.51. The van der Waals surface area contributed by atoms with Crippen LogP contribution in [0.25, 0.3) is 0 Å². The Balaban J connectivity index is 2.09. The highest BCUT2D eigenvalue weighted by molar-refractivity contribution is 5.26. The molecule has 0 aliphatic heterocycles. The van der Waals surface area contributed by atoms with E-state index >= 15 is 0 Å². The molecule has 0 radical (unpaired) electrons. The quantitative estimate of drug-likeness (QED) is 0.461.